The molecule has 0 aliphatic carbocycles. The number of rotatable bonds is 6. The Morgan fingerprint density at radius 1 is 1.36 bits per heavy atom. The molecule has 122 valence electrons. The van der Waals surface area contributed by atoms with E-state index in [0.29, 0.717) is 23.1 Å². The van der Waals surface area contributed by atoms with Gasteiger partial charge in [0.2, 0.25) is 0 Å². The molecule has 0 amide bonds. The number of halogens is 2. The standard InChI is InChI=1S/C16H21Cl2NO3/c1-2-15(16(20)21)19-7-5-12(6-8-19)22-10-11-3-4-13(17)14(18)9-11/h3-4,9,12,15H,2,5-8,10H2,1H3,(H,20,21)/t15-/m1/s1. The van der Waals surface area contributed by atoms with E-state index in [4.69, 9.17) is 27.9 Å². The number of carboxylic acid groups (broad SMARTS) is 1. The highest BCUT2D eigenvalue weighted by molar-refractivity contribution is 6.42. The summed E-state index contributed by atoms with van der Waals surface area (Å²) < 4.78 is 5.91. The second kappa shape index (κ2) is 8.16. The second-order valence-electron chi connectivity index (χ2n) is 5.56. The number of likely N-dealkylation sites (tertiary alicyclic amines) is 1. The van der Waals surface area contributed by atoms with Gasteiger partial charge >= 0.3 is 5.97 Å². The number of piperidine rings is 1. The molecule has 2 rings (SSSR count). The van der Waals surface area contributed by atoms with Crippen LogP contribution >= 0.6 is 23.2 Å². The smallest absolute Gasteiger partial charge is 0.320 e. The van der Waals surface area contributed by atoms with E-state index in [2.05, 4.69) is 0 Å². The summed E-state index contributed by atoms with van der Waals surface area (Å²) in [6.07, 6.45) is 2.50. The molecule has 1 saturated heterocycles. The maximum atomic E-state index is 11.2. The van der Waals surface area contributed by atoms with E-state index in [1.54, 1.807) is 6.07 Å². The van der Waals surface area contributed by atoms with Gasteiger partial charge in [0.25, 0.3) is 0 Å². The lowest BCUT2D eigenvalue weighted by atomic mass is 10.0. The molecule has 1 N–H and O–H groups in total. The summed E-state index contributed by atoms with van der Waals surface area (Å²) in [6.45, 7) is 3.93. The third-order valence-electron chi connectivity index (χ3n) is 4.06. The molecule has 0 bridgehead atoms. The van der Waals surface area contributed by atoms with Crippen molar-refractivity contribution < 1.29 is 14.6 Å². The quantitative estimate of drug-likeness (QED) is 0.850. The van der Waals surface area contributed by atoms with E-state index >= 15 is 0 Å². The molecule has 1 aromatic rings. The van der Waals surface area contributed by atoms with E-state index < -0.39 is 5.97 Å². The first-order valence-corrected chi connectivity index (χ1v) is 8.29. The molecule has 1 fully saturated rings. The molecule has 1 atom stereocenters. The maximum Gasteiger partial charge on any atom is 0.320 e. The average Bonchev–Trinajstić information content (AvgIpc) is 2.50. The van der Waals surface area contributed by atoms with E-state index in [9.17, 15) is 9.90 Å². The Morgan fingerprint density at radius 2 is 2.05 bits per heavy atom. The van der Waals surface area contributed by atoms with Crippen LogP contribution in [0.25, 0.3) is 0 Å². The molecule has 6 heteroatoms. The molecule has 4 nitrogen and oxygen atoms in total. The minimum absolute atomic E-state index is 0.164. The van der Waals surface area contributed by atoms with Crippen molar-refractivity contribution in [2.24, 2.45) is 0 Å². The number of ether oxygens (including phenoxy) is 1. The summed E-state index contributed by atoms with van der Waals surface area (Å²) in [7, 11) is 0. The summed E-state index contributed by atoms with van der Waals surface area (Å²) in [4.78, 5) is 13.2. The largest absolute Gasteiger partial charge is 0.480 e. The number of benzene rings is 1. The van der Waals surface area contributed by atoms with Gasteiger partial charge in [0.15, 0.2) is 0 Å². The van der Waals surface area contributed by atoms with E-state index in [1.807, 2.05) is 24.0 Å². The van der Waals surface area contributed by atoms with Gasteiger partial charge in [-0.15, -0.1) is 0 Å². The van der Waals surface area contributed by atoms with E-state index in [1.165, 1.54) is 0 Å². The molecule has 0 radical (unpaired) electrons. The van der Waals surface area contributed by atoms with Crippen molar-refractivity contribution in [3.63, 3.8) is 0 Å². The number of carboxylic acids is 1. The van der Waals surface area contributed by atoms with Crippen molar-refractivity contribution in [3.8, 4) is 0 Å². The first-order chi connectivity index (χ1) is 10.5. The van der Waals surface area contributed by atoms with Gasteiger partial charge in [0.05, 0.1) is 22.8 Å². The van der Waals surface area contributed by atoms with E-state index in [-0.39, 0.29) is 12.1 Å². The number of carbonyl (C=O) groups is 1. The Hall–Kier alpha value is -0.810. The van der Waals surface area contributed by atoms with Gasteiger partial charge in [-0.1, -0.05) is 36.2 Å². The fourth-order valence-corrected chi connectivity index (χ4v) is 3.11. The van der Waals surface area contributed by atoms with Crippen LogP contribution in [0.3, 0.4) is 0 Å². The Morgan fingerprint density at radius 3 is 2.59 bits per heavy atom. The van der Waals surface area contributed by atoms with E-state index in [0.717, 1.165) is 31.5 Å². The summed E-state index contributed by atoms with van der Waals surface area (Å²) >= 11 is 11.9. The highest BCUT2D eigenvalue weighted by Gasteiger charge is 2.28. The lowest BCUT2D eigenvalue weighted by Gasteiger charge is -2.35. The van der Waals surface area contributed by atoms with Crippen LogP contribution in [0.2, 0.25) is 10.0 Å². The minimum atomic E-state index is -0.738. The number of hydrogen-bond acceptors (Lipinski definition) is 3. The van der Waals surface area contributed by atoms with Crippen molar-refractivity contribution in [1.82, 2.24) is 4.90 Å². The molecular formula is C16H21Cl2NO3. The molecule has 1 heterocycles. The Bertz CT molecular complexity index is 516. The van der Waals surface area contributed by atoms with Gasteiger partial charge in [-0.3, -0.25) is 9.69 Å². The third-order valence-corrected chi connectivity index (χ3v) is 4.80. The van der Waals surface area contributed by atoms with Crippen LogP contribution in [0, 0.1) is 0 Å². The van der Waals surface area contributed by atoms with Crippen LogP contribution in [0.15, 0.2) is 18.2 Å². The number of nitrogens with zero attached hydrogens (tertiary/aromatic N) is 1. The molecule has 0 saturated carbocycles. The molecule has 1 aliphatic rings. The Labute approximate surface area is 141 Å². The Balaban J connectivity index is 1.80. The third kappa shape index (κ3) is 4.59. The summed E-state index contributed by atoms with van der Waals surface area (Å²) in [5.74, 6) is -0.738. The van der Waals surface area contributed by atoms with Crippen LogP contribution in [-0.4, -0.2) is 41.2 Å². The Kier molecular flexibility index (Phi) is 6.50. The lowest BCUT2D eigenvalue weighted by molar-refractivity contribution is -0.144. The predicted molar refractivity (Wildman–Crippen MR) is 87.6 cm³/mol. The molecule has 22 heavy (non-hydrogen) atoms. The van der Waals surface area contributed by atoms with Gasteiger partial charge in [-0.05, 0) is 37.0 Å². The minimum Gasteiger partial charge on any atom is -0.480 e. The summed E-state index contributed by atoms with van der Waals surface area (Å²) in [6, 6.07) is 5.11. The highest BCUT2D eigenvalue weighted by Crippen LogP contribution is 2.24. The van der Waals surface area contributed by atoms with Gasteiger partial charge in [-0.2, -0.15) is 0 Å². The number of aliphatic carboxylic acids is 1. The first kappa shape index (κ1) is 17.5. The summed E-state index contributed by atoms with van der Waals surface area (Å²) in [5.41, 5.74) is 0.994. The van der Waals surface area contributed by atoms with Crippen molar-refractivity contribution in [2.75, 3.05) is 13.1 Å². The maximum absolute atomic E-state index is 11.2. The van der Waals surface area contributed by atoms with Gasteiger partial charge in [0.1, 0.15) is 6.04 Å². The first-order valence-electron chi connectivity index (χ1n) is 7.53. The second-order valence-corrected chi connectivity index (χ2v) is 6.37. The van der Waals surface area contributed by atoms with Crippen LogP contribution < -0.4 is 0 Å². The van der Waals surface area contributed by atoms with Crippen LogP contribution in [0.4, 0.5) is 0 Å². The zero-order valence-electron chi connectivity index (χ0n) is 12.6. The fourth-order valence-electron chi connectivity index (χ4n) is 2.79. The molecular weight excluding hydrogens is 325 g/mol. The average molecular weight is 346 g/mol. The SMILES string of the molecule is CC[C@H](C(=O)O)N1CCC(OCc2ccc(Cl)c(Cl)c2)CC1. The van der Waals surface area contributed by atoms with Crippen molar-refractivity contribution in [3.05, 3.63) is 33.8 Å². The van der Waals surface area contributed by atoms with Crippen molar-refractivity contribution >= 4 is 29.2 Å². The molecule has 0 spiro atoms. The van der Waals surface area contributed by atoms with Crippen LogP contribution in [0.1, 0.15) is 31.7 Å². The topological polar surface area (TPSA) is 49.8 Å². The fraction of sp³-hybridized carbons (Fsp3) is 0.562. The molecule has 1 aromatic carbocycles. The normalized spacial score (nSPS) is 18.3. The van der Waals surface area contributed by atoms with Crippen molar-refractivity contribution in [2.45, 2.75) is 44.9 Å². The predicted octanol–water partition coefficient (Wildman–Crippen LogP) is 3.84. The van der Waals surface area contributed by atoms with Crippen LogP contribution in [0.5, 0.6) is 0 Å². The molecule has 0 unspecified atom stereocenters. The van der Waals surface area contributed by atoms with Crippen LogP contribution in [-0.2, 0) is 16.1 Å². The van der Waals surface area contributed by atoms with Gasteiger partial charge < -0.3 is 9.84 Å². The monoisotopic (exact) mass is 345 g/mol. The summed E-state index contributed by atoms with van der Waals surface area (Å²) in [5, 5.41) is 10.3. The number of hydrogen-bond donors (Lipinski definition) is 1. The molecule has 1 aliphatic heterocycles. The van der Waals surface area contributed by atoms with Gasteiger partial charge in [0, 0.05) is 13.1 Å². The van der Waals surface area contributed by atoms with Gasteiger partial charge in [-0.25, -0.2) is 0 Å². The lowest BCUT2D eigenvalue weighted by Crippen LogP contribution is -2.46. The zero-order valence-corrected chi connectivity index (χ0v) is 14.1. The molecule has 0 aromatic heterocycles. The van der Waals surface area contributed by atoms with Crippen molar-refractivity contribution in [1.29, 1.82) is 0 Å². The highest BCUT2D eigenvalue weighted by atomic mass is 35.5. The zero-order chi connectivity index (χ0) is 16.1.